The number of anilines is 2. The maximum Gasteiger partial charge on any atom is 0.248 e. The summed E-state index contributed by atoms with van der Waals surface area (Å²) in [4.78, 5) is 37.1. The Morgan fingerprint density at radius 1 is 1.09 bits per heavy atom. The maximum atomic E-state index is 11.7. The summed E-state index contributed by atoms with van der Waals surface area (Å²) in [6, 6.07) is 2.12. The van der Waals surface area contributed by atoms with E-state index in [9.17, 15) is 4.79 Å². The van der Waals surface area contributed by atoms with Gasteiger partial charge in [0.2, 0.25) is 11.9 Å². The number of aliphatic hydroxyl groups is 1. The highest BCUT2D eigenvalue weighted by molar-refractivity contribution is 7.19. The summed E-state index contributed by atoms with van der Waals surface area (Å²) >= 11 is 1.71. The van der Waals surface area contributed by atoms with Crippen LogP contribution in [0.1, 0.15) is 4.88 Å². The molecule has 12 heteroatoms. The zero-order valence-corrected chi connectivity index (χ0v) is 19.0. The topological polar surface area (TPSA) is 134 Å². The largest absolute Gasteiger partial charge is 0.387 e. The minimum atomic E-state index is -0.430. The standard InChI is InChI=1S/C21H26N8O3S/c22-21-23-10-14(11-24-21)19-25-16-9-15(12-27-1-3-28(4-2-27)17(31)13-30)33-18(16)20(26-19)29-5-7-32-8-6-29/h9-11,30H,1-8,12-13H2,(H2,22,23,24). The quantitative estimate of drug-likeness (QED) is 0.533. The number of aromatic nitrogens is 4. The van der Waals surface area contributed by atoms with Gasteiger partial charge in [-0.25, -0.2) is 19.9 Å². The molecular formula is C21H26N8O3S. The van der Waals surface area contributed by atoms with Crippen LogP contribution >= 0.6 is 11.3 Å². The highest BCUT2D eigenvalue weighted by Gasteiger charge is 2.23. The zero-order valence-electron chi connectivity index (χ0n) is 18.2. The van der Waals surface area contributed by atoms with Gasteiger partial charge in [-0.3, -0.25) is 9.69 Å². The Morgan fingerprint density at radius 2 is 1.82 bits per heavy atom. The smallest absolute Gasteiger partial charge is 0.248 e. The van der Waals surface area contributed by atoms with Crippen molar-refractivity contribution in [1.29, 1.82) is 0 Å². The molecule has 2 aliphatic rings. The number of amides is 1. The Hall–Kier alpha value is -2.93. The molecule has 1 amide bonds. The van der Waals surface area contributed by atoms with Gasteiger partial charge in [0.05, 0.1) is 29.0 Å². The SMILES string of the molecule is Nc1ncc(-c2nc(N3CCOCC3)c3sc(CN4CCN(C(=O)CO)CC4)cc3n2)cn1. The van der Waals surface area contributed by atoms with E-state index < -0.39 is 6.61 Å². The lowest BCUT2D eigenvalue weighted by molar-refractivity contribution is -0.135. The molecule has 0 saturated carbocycles. The van der Waals surface area contributed by atoms with Gasteiger partial charge in [0.1, 0.15) is 6.61 Å². The van der Waals surface area contributed by atoms with Crippen molar-refractivity contribution in [3.8, 4) is 11.4 Å². The number of hydrogen-bond acceptors (Lipinski definition) is 11. The van der Waals surface area contributed by atoms with Crippen LogP contribution in [0.4, 0.5) is 11.8 Å². The minimum absolute atomic E-state index is 0.207. The van der Waals surface area contributed by atoms with E-state index in [1.807, 2.05) is 0 Å². The number of rotatable bonds is 5. The third-order valence-corrected chi connectivity index (χ3v) is 6.99. The first kappa shape index (κ1) is 21.9. The summed E-state index contributed by atoms with van der Waals surface area (Å²) in [5.74, 6) is 1.49. The molecule has 3 aromatic rings. The van der Waals surface area contributed by atoms with Crippen molar-refractivity contribution in [1.82, 2.24) is 29.7 Å². The van der Waals surface area contributed by atoms with Crippen LogP contribution in [0, 0.1) is 0 Å². The van der Waals surface area contributed by atoms with Gasteiger partial charge in [-0.05, 0) is 6.07 Å². The van der Waals surface area contributed by atoms with Crippen LogP contribution in [0.25, 0.3) is 21.6 Å². The monoisotopic (exact) mass is 470 g/mol. The lowest BCUT2D eigenvalue weighted by Gasteiger charge is -2.34. The first-order chi connectivity index (χ1) is 16.1. The van der Waals surface area contributed by atoms with Gasteiger partial charge in [-0.2, -0.15) is 0 Å². The molecule has 174 valence electrons. The first-order valence-electron chi connectivity index (χ1n) is 10.9. The van der Waals surface area contributed by atoms with E-state index in [1.165, 1.54) is 4.88 Å². The van der Waals surface area contributed by atoms with E-state index in [1.54, 1.807) is 28.6 Å². The lowest BCUT2D eigenvalue weighted by atomic mass is 10.2. The summed E-state index contributed by atoms with van der Waals surface area (Å²) in [6.07, 6.45) is 3.29. The van der Waals surface area contributed by atoms with Gasteiger partial charge < -0.3 is 25.4 Å². The van der Waals surface area contributed by atoms with Crippen molar-refractivity contribution in [2.24, 2.45) is 0 Å². The number of morpholine rings is 1. The lowest BCUT2D eigenvalue weighted by Crippen LogP contribution is -2.49. The summed E-state index contributed by atoms with van der Waals surface area (Å²) in [6.45, 7) is 6.05. The average Bonchev–Trinajstić information content (AvgIpc) is 3.26. The van der Waals surface area contributed by atoms with Crippen molar-refractivity contribution in [3.63, 3.8) is 0 Å². The Balaban J connectivity index is 1.43. The second-order valence-electron chi connectivity index (χ2n) is 8.04. The molecule has 0 spiro atoms. The Labute approximate surface area is 194 Å². The molecule has 11 nitrogen and oxygen atoms in total. The molecule has 3 aromatic heterocycles. The molecule has 2 fully saturated rings. The molecule has 0 atom stereocenters. The van der Waals surface area contributed by atoms with Gasteiger partial charge in [0.15, 0.2) is 11.6 Å². The van der Waals surface area contributed by atoms with Crippen LogP contribution in [0.5, 0.6) is 0 Å². The predicted octanol–water partition coefficient (Wildman–Crippen LogP) is 0.204. The molecule has 0 aliphatic carbocycles. The fraction of sp³-hybridized carbons (Fsp3) is 0.476. The van der Waals surface area contributed by atoms with Crippen LogP contribution in [-0.4, -0.2) is 99.8 Å². The number of nitrogens with zero attached hydrogens (tertiary/aromatic N) is 7. The predicted molar refractivity (Wildman–Crippen MR) is 125 cm³/mol. The number of carbonyl (C=O) groups excluding carboxylic acids is 1. The Bertz CT molecular complexity index is 1120. The number of hydrogen-bond donors (Lipinski definition) is 2. The molecule has 0 aromatic carbocycles. The molecule has 5 heterocycles. The van der Waals surface area contributed by atoms with Gasteiger partial charge in [-0.15, -0.1) is 11.3 Å². The number of nitrogens with two attached hydrogens (primary N) is 1. The van der Waals surface area contributed by atoms with Crippen molar-refractivity contribution in [2.45, 2.75) is 6.54 Å². The fourth-order valence-corrected chi connectivity index (χ4v) is 5.25. The third-order valence-electron chi connectivity index (χ3n) is 5.89. The number of ether oxygens (including phenoxy) is 1. The van der Waals surface area contributed by atoms with Crippen molar-refractivity contribution in [2.75, 3.05) is 69.7 Å². The van der Waals surface area contributed by atoms with Crippen molar-refractivity contribution < 1.29 is 14.6 Å². The van der Waals surface area contributed by atoms with Gasteiger partial charge in [0, 0.05) is 63.1 Å². The molecule has 2 aliphatic heterocycles. The van der Waals surface area contributed by atoms with Gasteiger partial charge >= 0.3 is 0 Å². The van der Waals surface area contributed by atoms with E-state index >= 15 is 0 Å². The summed E-state index contributed by atoms with van der Waals surface area (Å²) < 4.78 is 6.59. The fourth-order valence-electron chi connectivity index (χ4n) is 4.09. The zero-order chi connectivity index (χ0) is 22.8. The highest BCUT2D eigenvalue weighted by atomic mass is 32.1. The first-order valence-corrected chi connectivity index (χ1v) is 11.7. The van der Waals surface area contributed by atoms with E-state index in [-0.39, 0.29) is 11.9 Å². The van der Waals surface area contributed by atoms with Crippen LogP contribution in [0.3, 0.4) is 0 Å². The summed E-state index contributed by atoms with van der Waals surface area (Å²) in [7, 11) is 0. The maximum absolute atomic E-state index is 11.7. The molecule has 0 bridgehead atoms. The van der Waals surface area contributed by atoms with Gasteiger partial charge in [0.25, 0.3) is 0 Å². The molecule has 0 unspecified atom stereocenters. The second-order valence-corrected chi connectivity index (χ2v) is 9.18. The average molecular weight is 471 g/mol. The normalized spacial score (nSPS) is 17.6. The number of carbonyl (C=O) groups is 1. The molecule has 2 saturated heterocycles. The number of piperazine rings is 1. The number of fused-ring (bicyclic) bond motifs is 1. The number of aliphatic hydroxyl groups excluding tert-OH is 1. The Kier molecular flexibility index (Phi) is 6.31. The number of thiophene rings is 1. The molecule has 33 heavy (non-hydrogen) atoms. The Morgan fingerprint density at radius 3 is 2.52 bits per heavy atom. The van der Waals surface area contributed by atoms with E-state index in [2.05, 4.69) is 25.8 Å². The molecule has 5 rings (SSSR count). The van der Waals surface area contributed by atoms with E-state index in [4.69, 9.17) is 25.5 Å². The summed E-state index contributed by atoms with van der Waals surface area (Å²) in [5, 5.41) is 9.08. The van der Waals surface area contributed by atoms with Crippen molar-refractivity contribution in [3.05, 3.63) is 23.3 Å². The van der Waals surface area contributed by atoms with Crippen LogP contribution in [-0.2, 0) is 16.1 Å². The van der Waals surface area contributed by atoms with Crippen LogP contribution in [0.2, 0.25) is 0 Å². The minimum Gasteiger partial charge on any atom is -0.387 e. The second kappa shape index (κ2) is 9.51. The van der Waals surface area contributed by atoms with Gasteiger partial charge in [-0.1, -0.05) is 0 Å². The van der Waals surface area contributed by atoms with E-state index in [0.29, 0.717) is 32.1 Å². The number of nitrogen functional groups attached to an aromatic ring is 1. The molecule has 0 radical (unpaired) electrons. The molecule has 3 N–H and O–H groups in total. The van der Waals surface area contributed by atoms with Crippen LogP contribution in [0.15, 0.2) is 18.5 Å². The third kappa shape index (κ3) is 4.74. The van der Waals surface area contributed by atoms with E-state index in [0.717, 1.165) is 54.3 Å². The molecular weight excluding hydrogens is 444 g/mol. The van der Waals surface area contributed by atoms with Crippen LogP contribution < -0.4 is 10.6 Å². The van der Waals surface area contributed by atoms with Crippen molar-refractivity contribution >= 4 is 39.2 Å². The summed E-state index contributed by atoms with van der Waals surface area (Å²) in [5.41, 5.74) is 7.26. The highest BCUT2D eigenvalue weighted by Crippen LogP contribution is 2.35.